The van der Waals surface area contributed by atoms with Crippen LogP contribution in [0.4, 0.5) is 0 Å². The summed E-state index contributed by atoms with van der Waals surface area (Å²) >= 11 is 0. The van der Waals surface area contributed by atoms with Gasteiger partial charge in [-0.15, -0.1) is 0 Å². The van der Waals surface area contributed by atoms with Gasteiger partial charge in [0.1, 0.15) is 0 Å². The predicted molar refractivity (Wildman–Crippen MR) is 48.3 cm³/mol. The third-order valence-corrected chi connectivity index (χ3v) is 1.65. The van der Waals surface area contributed by atoms with Gasteiger partial charge >= 0.3 is 0 Å². The molecule has 1 N–H and O–H groups in total. The standard InChI is InChI=1S/C9H21NO/c1-5-9(6-2)10-11-7-8(3)4/h8-10H,5-7H2,1-4H3. The Labute approximate surface area is 70.3 Å². The highest BCUT2D eigenvalue weighted by Crippen LogP contribution is 1.97. The molecular formula is C9H21NO. The molecular weight excluding hydrogens is 138 g/mol. The van der Waals surface area contributed by atoms with E-state index in [1.165, 1.54) is 0 Å². The molecule has 0 aliphatic rings. The first-order valence-electron chi connectivity index (χ1n) is 4.58. The number of hydrogen-bond acceptors (Lipinski definition) is 2. The lowest BCUT2D eigenvalue weighted by atomic mass is 10.2. The first kappa shape index (κ1) is 10.9. The quantitative estimate of drug-likeness (QED) is 0.601. The first-order chi connectivity index (χ1) is 5.20. The Morgan fingerprint density at radius 3 is 2.09 bits per heavy atom. The zero-order valence-electron chi connectivity index (χ0n) is 8.18. The van der Waals surface area contributed by atoms with Crippen LogP contribution in [0, 0.1) is 5.92 Å². The van der Waals surface area contributed by atoms with Crippen LogP contribution >= 0.6 is 0 Å². The summed E-state index contributed by atoms with van der Waals surface area (Å²) in [7, 11) is 0. The smallest absolute Gasteiger partial charge is 0.0705 e. The molecule has 0 aromatic carbocycles. The highest BCUT2D eigenvalue weighted by molar-refractivity contribution is 4.54. The van der Waals surface area contributed by atoms with Gasteiger partial charge in [-0.05, 0) is 18.8 Å². The molecule has 0 heterocycles. The maximum absolute atomic E-state index is 5.29. The van der Waals surface area contributed by atoms with Crippen LogP contribution in [0.25, 0.3) is 0 Å². The van der Waals surface area contributed by atoms with E-state index in [1.54, 1.807) is 0 Å². The molecule has 11 heavy (non-hydrogen) atoms. The van der Waals surface area contributed by atoms with Gasteiger partial charge in [0.05, 0.1) is 6.61 Å². The highest BCUT2D eigenvalue weighted by Gasteiger charge is 2.01. The van der Waals surface area contributed by atoms with Crippen LogP contribution in [0.5, 0.6) is 0 Å². The Balaban J connectivity index is 3.21. The summed E-state index contributed by atoms with van der Waals surface area (Å²) in [5, 5.41) is 0. The van der Waals surface area contributed by atoms with Crippen LogP contribution in [0.15, 0.2) is 0 Å². The minimum atomic E-state index is 0.522. The molecule has 0 fully saturated rings. The summed E-state index contributed by atoms with van der Waals surface area (Å²) in [6.07, 6.45) is 2.27. The van der Waals surface area contributed by atoms with Crippen molar-refractivity contribution in [2.24, 2.45) is 5.92 Å². The molecule has 0 saturated heterocycles. The van der Waals surface area contributed by atoms with Gasteiger partial charge in [0.25, 0.3) is 0 Å². The number of nitrogens with one attached hydrogen (secondary N) is 1. The molecule has 0 saturated carbocycles. The second kappa shape index (κ2) is 6.62. The van der Waals surface area contributed by atoms with Gasteiger partial charge in [-0.2, -0.15) is 5.48 Å². The van der Waals surface area contributed by atoms with Gasteiger partial charge in [0.15, 0.2) is 0 Å². The monoisotopic (exact) mass is 159 g/mol. The van der Waals surface area contributed by atoms with Crippen LogP contribution in [0.2, 0.25) is 0 Å². The summed E-state index contributed by atoms with van der Waals surface area (Å²) in [5.41, 5.74) is 3.05. The minimum absolute atomic E-state index is 0.522. The number of hydroxylamine groups is 1. The number of hydrogen-bond donors (Lipinski definition) is 1. The third kappa shape index (κ3) is 6.32. The van der Waals surface area contributed by atoms with Gasteiger partial charge in [0.2, 0.25) is 0 Å². The second-order valence-corrected chi connectivity index (χ2v) is 3.34. The fraction of sp³-hybridized carbons (Fsp3) is 1.00. The molecule has 0 bridgehead atoms. The summed E-state index contributed by atoms with van der Waals surface area (Å²) in [6, 6.07) is 0.522. The molecule has 0 unspecified atom stereocenters. The summed E-state index contributed by atoms with van der Waals surface area (Å²) in [4.78, 5) is 5.29. The van der Waals surface area contributed by atoms with E-state index in [4.69, 9.17) is 4.84 Å². The van der Waals surface area contributed by atoms with Crippen molar-refractivity contribution in [2.75, 3.05) is 6.61 Å². The van der Waals surface area contributed by atoms with E-state index in [0.717, 1.165) is 19.4 Å². The van der Waals surface area contributed by atoms with Gasteiger partial charge in [0, 0.05) is 6.04 Å². The van der Waals surface area contributed by atoms with Crippen LogP contribution < -0.4 is 5.48 Å². The molecule has 2 nitrogen and oxygen atoms in total. The molecule has 0 aliphatic carbocycles. The van der Waals surface area contributed by atoms with E-state index in [9.17, 15) is 0 Å². The Hall–Kier alpha value is -0.0800. The Kier molecular flexibility index (Phi) is 6.57. The van der Waals surface area contributed by atoms with Gasteiger partial charge in [-0.3, -0.25) is 0 Å². The lowest BCUT2D eigenvalue weighted by Gasteiger charge is -2.15. The zero-order valence-corrected chi connectivity index (χ0v) is 8.18. The van der Waals surface area contributed by atoms with Gasteiger partial charge in [-0.1, -0.05) is 27.7 Å². The molecule has 0 aromatic rings. The normalized spacial score (nSPS) is 11.5. The largest absolute Gasteiger partial charge is 0.301 e. The SMILES string of the molecule is CCC(CC)NOCC(C)C. The Morgan fingerprint density at radius 2 is 1.73 bits per heavy atom. The Bertz CT molecular complexity index is 79.6. The van der Waals surface area contributed by atoms with Crippen LogP contribution in [-0.4, -0.2) is 12.6 Å². The summed E-state index contributed by atoms with van der Waals surface area (Å²) in [5.74, 6) is 0.608. The predicted octanol–water partition coefficient (Wildman–Crippen LogP) is 2.35. The molecule has 0 aliphatic heterocycles. The van der Waals surface area contributed by atoms with Crippen molar-refractivity contribution in [3.05, 3.63) is 0 Å². The van der Waals surface area contributed by atoms with Crippen molar-refractivity contribution in [3.8, 4) is 0 Å². The molecule has 0 amide bonds. The van der Waals surface area contributed by atoms with Gasteiger partial charge in [-0.25, -0.2) is 0 Å². The van der Waals surface area contributed by atoms with E-state index in [2.05, 4.69) is 33.2 Å². The lowest BCUT2D eigenvalue weighted by molar-refractivity contribution is -0.000691. The molecule has 2 heteroatoms. The molecule has 0 spiro atoms. The van der Waals surface area contributed by atoms with Crippen molar-refractivity contribution >= 4 is 0 Å². The van der Waals surface area contributed by atoms with Gasteiger partial charge < -0.3 is 4.84 Å². The third-order valence-electron chi connectivity index (χ3n) is 1.65. The van der Waals surface area contributed by atoms with E-state index in [1.807, 2.05) is 0 Å². The molecule has 68 valence electrons. The Morgan fingerprint density at radius 1 is 1.18 bits per heavy atom. The van der Waals surface area contributed by atoms with E-state index in [-0.39, 0.29) is 0 Å². The second-order valence-electron chi connectivity index (χ2n) is 3.34. The average molecular weight is 159 g/mol. The van der Waals surface area contributed by atoms with Crippen molar-refractivity contribution < 1.29 is 4.84 Å². The maximum Gasteiger partial charge on any atom is 0.0705 e. The number of rotatable bonds is 6. The van der Waals surface area contributed by atoms with Crippen molar-refractivity contribution in [2.45, 2.75) is 46.6 Å². The maximum atomic E-state index is 5.29. The molecule has 0 radical (unpaired) electrons. The highest BCUT2D eigenvalue weighted by atomic mass is 16.6. The lowest BCUT2D eigenvalue weighted by Crippen LogP contribution is -2.29. The first-order valence-corrected chi connectivity index (χ1v) is 4.58. The fourth-order valence-corrected chi connectivity index (χ4v) is 0.788. The topological polar surface area (TPSA) is 21.3 Å². The minimum Gasteiger partial charge on any atom is -0.301 e. The van der Waals surface area contributed by atoms with E-state index < -0.39 is 0 Å². The molecule has 0 atom stereocenters. The summed E-state index contributed by atoms with van der Waals surface area (Å²) < 4.78 is 0. The van der Waals surface area contributed by atoms with Crippen molar-refractivity contribution in [3.63, 3.8) is 0 Å². The van der Waals surface area contributed by atoms with Crippen molar-refractivity contribution in [1.29, 1.82) is 0 Å². The van der Waals surface area contributed by atoms with Crippen molar-refractivity contribution in [1.82, 2.24) is 5.48 Å². The average Bonchev–Trinajstić information content (AvgIpc) is 1.98. The van der Waals surface area contributed by atoms with E-state index in [0.29, 0.717) is 12.0 Å². The van der Waals surface area contributed by atoms with Crippen LogP contribution in [0.3, 0.4) is 0 Å². The molecule has 0 aromatic heterocycles. The van der Waals surface area contributed by atoms with Crippen LogP contribution in [0.1, 0.15) is 40.5 Å². The molecule has 0 rings (SSSR count). The summed E-state index contributed by atoms with van der Waals surface area (Å²) in [6.45, 7) is 9.43. The zero-order chi connectivity index (χ0) is 8.69. The van der Waals surface area contributed by atoms with E-state index >= 15 is 0 Å². The fourth-order valence-electron chi connectivity index (χ4n) is 0.788. The van der Waals surface area contributed by atoms with Crippen LogP contribution in [-0.2, 0) is 4.84 Å².